The summed E-state index contributed by atoms with van der Waals surface area (Å²) >= 11 is 5.23. The van der Waals surface area contributed by atoms with E-state index in [0.717, 1.165) is 33.0 Å². The molecule has 1 aromatic heterocycles. The molecular formula is C20H18N2O4S3. The molecule has 2 aliphatic rings. The highest BCUT2D eigenvalue weighted by Gasteiger charge is 2.22. The Hall–Kier alpha value is -2.10. The van der Waals surface area contributed by atoms with E-state index in [9.17, 15) is 4.79 Å². The lowest BCUT2D eigenvalue weighted by Gasteiger charge is -2.17. The first-order valence-corrected chi connectivity index (χ1v) is 12.1. The maximum atomic E-state index is 12.4. The standard InChI is InChI=1S/C20H18N2O4S3/c23-18(11-26-14-4-2-1-3-12(14)19-27-7-8-28-19)22-20-21-13-9-15-16(10-17(13)29-20)25-6-5-24-15/h1-4,9-10,19H,5-8,11H2,(H,21,22,23). The second-order valence-corrected chi connectivity index (χ2v) is 10.2. The van der Waals surface area contributed by atoms with Gasteiger partial charge in [0.2, 0.25) is 0 Å². The number of ether oxygens (including phenoxy) is 3. The third-order valence-corrected chi connectivity index (χ3v) is 8.45. The van der Waals surface area contributed by atoms with Gasteiger partial charge in [-0.15, -0.1) is 23.5 Å². The molecule has 1 N–H and O–H groups in total. The highest BCUT2D eigenvalue weighted by atomic mass is 32.2. The summed E-state index contributed by atoms with van der Waals surface area (Å²) in [5, 5.41) is 3.37. The number of carbonyl (C=O) groups excluding carboxylic acids is 1. The molecule has 0 unspecified atom stereocenters. The number of nitrogens with zero attached hydrogens (tertiary/aromatic N) is 1. The van der Waals surface area contributed by atoms with E-state index in [0.29, 0.717) is 34.4 Å². The van der Waals surface area contributed by atoms with Gasteiger partial charge >= 0.3 is 0 Å². The monoisotopic (exact) mass is 446 g/mol. The molecule has 0 bridgehead atoms. The molecule has 29 heavy (non-hydrogen) atoms. The molecule has 3 aromatic rings. The van der Waals surface area contributed by atoms with Crippen molar-refractivity contribution in [3.8, 4) is 17.2 Å². The molecule has 0 radical (unpaired) electrons. The number of thioether (sulfide) groups is 2. The number of hydrogen-bond acceptors (Lipinski definition) is 8. The minimum atomic E-state index is -0.233. The molecule has 1 saturated heterocycles. The lowest BCUT2D eigenvalue weighted by molar-refractivity contribution is -0.118. The Morgan fingerprint density at radius 3 is 2.72 bits per heavy atom. The molecule has 0 saturated carbocycles. The third-order valence-electron chi connectivity index (χ3n) is 4.45. The summed E-state index contributed by atoms with van der Waals surface area (Å²) in [6, 6.07) is 11.7. The summed E-state index contributed by atoms with van der Waals surface area (Å²) in [5.41, 5.74) is 1.91. The predicted molar refractivity (Wildman–Crippen MR) is 119 cm³/mol. The second kappa shape index (κ2) is 8.33. The summed E-state index contributed by atoms with van der Waals surface area (Å²) in [5.74, 6) is 4.22. The van der Waals surface area contributed by atoms with E-state index >= 15 is 0 Å². The van der Waals surface area contributed by atoms with Crippen LogP contribution in [0.4, 0.5) is 5.13 Å². The summed E-state index contributed by atoms with van der Waals surface area (Å²) in [6.07, 6.45) is 0. The van der Waals surface area contributed by atoms with Gasteiger partial charge in [-0.2, -0.15) is 0 Å². The van der Waals surface area contributed by atoms with Crippen molar-refractivity contribution < 1.29 is 19.0 Å². The quantitative estimate of drug-likeness (QED) is 0.616. The maximum Gasteiger partial charge on any atom is 0.264 e. The lowest BCUT2D eigenvalue weighted by Crippen LogP contribution is -2.20. The molecule has 1 amide bonds. The molecule has 2 aliphatic heterocycles. The van der Waals surface area contributed by atoms with Crippen molar-refractivity contribution in [3.05, 3.63) is 42.0 Å². The Bertz CT molecular complexity index is 1010. The summed E-state index contributed by atoms with van der Waals surface area (Å²) in [4.78, 5) is 16.9. The van der Waals surface area contributed by atoms with Crippen LogP contribution < -0.4 is 19.5 Å². The number of thiazole rings is 1. The zero-order valence-electron chi connectivity index (χ0n) is 15.4. The minimum absolute atomic E-state index is 0.0578. The SMILES string of the molecule is O=C(COc1ccccc1C1SCCS1)Nc1nc2cc3c(cc2s1)OCCO3. The summed E-state index contributed by atoms with van der Waals surface area (Å²) < 4.78 is 18.3. The van der Waals surface area contributed by atoms with Gasteiger partial charge in [-0.1, -0.05) is 29.5 Å². The van der Waals surface area contributed by atoms with Crippen LogP contribution in [-0.2, 0) is 4.79 Å². The first-order chi connectivity index (χ1) is 14.3. The van der Waals surface area contributed by atoms with E-state index in [-0.39, 0.29) is 12.5 Å². The Morgan fingerprint density at radius 1 is 1.14 bits per heavy atom. The van der Waals surface area contributed by atoms with Crippen LogP contribution in [0.5, 0.6) is 17.2 Å². The fourth-order valence-electron chi connectivity index (χ4n) is 3.16. The minimum Gasteiger partial charge on any atom is -0.486 e. The highest BCUT2D eigenvalue weighted by Crippen LogP contribution is 2.48. The maximum absolute atomic E-state index is 12.4. The normalized spacial score (nSPS) is 16.1. The molecule has 0 spiro atoms. The van der Waals surface area contributed by atoms with E-state index in [4.69, 9.17) is 14.2 Å². The molecule has 2 aromatic carbocycles. The fourth-order valence-corrected chi connectivity index (χ4v) is 6.96. The van der Waals surface area contributed by atoms with Crippen LogP contribution in [0.1, 0.15) is 10.1 Å². The van der Waals surface area contributed by atoms with Crippen molar-refractivity contribution in [2.75, 3.05) is 36.6 Å². The van der Waals surface area contributed by atoms with Crippen LogP contribution in [0.2, 0.25) is 0 Å². The van der Waals surface area contributed by atoms with Gasteiger partial charge in [0.1, 0.15) is 19.0 Å². The van der Waals surface area contributed by atoms with Gasteiger partial charge in [0, 0.05) is 29.2 Å². The van der Waals surface area contributed by atoms with Crippen molar-refractivity contribution in [3.63, 3.8) is 0 Å². The Labute approximate surface area is 180 Å². The van der Waals surface area contributed by atoms with Gasteiger partial charge in [-0.05, 0) is 6.07 Å². The number of hydrogen-bond donors (Lipinski definition) is 1. The highest BCUT2D eigenvalue weighted by molar-refractivity contribution is 8.19. The predicted octanol–water partition coefficient (Wildman–Crippen LogP) is 4.56. The zero-order chi connectivity index (χ0) is 19.6. The first-order valence-electron chi connectivity index (χ1n) is 9.21. The summed E-state index contributed by atoms with van der Waals surface area (Å²) in [7, 11) is 0. The number of para-hydroxylation sites is 1. The molecule has 150 valence electrons. The van der Waals surface area contributed by atoms with Gasteiger partial charge in [0.25, 0.3) is 5.91 Å². The number of rotatable bonds is 5. The van der Waals surface area contributed by atoms with Crippen molar-refractivity contribution in [2.45, 2.75) is 4.58 Å². The van der Waals surface area contributed by atoms with Gasteiger partial charge in [-0.3, -0.25) is 10.1 Å². The number of anilines is 1. The molecule has 0 atom stereocenters. The summed E-state index contributed by atoms with van der Waals surface area (Å²) in [6.45, 7) is 1.01. The number of benzene rings is 2. The van der Waals surface area contributed by atoms with Gasteiger partial charge in [0.05, 0.1) is 14.8 Å². The van der Waals surface area contributed by atoms with Crippen molar-refractivity contribution in [1.82, 2.24) is 4.98 Å². The zero-order valence-corrected chi connectivity index (χ0v) is 17.8. The van der Waals surface area contributed by atoms with Crippen molar-refractivity contribution in [2.24, 2.45) is 0 Å². The second-order valence-electron chi connectivity index (χ2n) is 6.43. The Balaban J connectivity index is 1.25. The van der Waals surface area contributed by atoms with Crippen LogP contribution in [0.3, 0.4) is 0 Å². The number of aromatic nitrogens is 1. The van der Waals surface area contributed by atoms with E-state index in [1.807, 2.05) is 53.9 Å². The van der Waals surface area contributed by atoms with E-state index < -0.39 is 0 Å². The molecule has 3 heterocycles. The lowest BCUT2D eigenvalue weighted by atomic mass is 10.2. The van der Waals surface area contributed by atoms with E-state index in [1.165, 1.54) is 11.3 Å². The van der Waals surface area contributed by atoms with Crippen LogP contribution in [-0.4, -0.2) is 42.2 Å². The smallest absolute Gasteiger partial charge is 0.264 e. The molecule has 9 heteroatoms. The van der Waals surface area contributed by atoms with Crippen LogP contribution in [0.25, 0.3) is 10.2 Å². The number of fused-ring (bicyclic) bond motifs is 2. The van der Waals surface area contributed by atoms with E-state index in [2.05, 4.69) is 16.4 Å². The van der Waals surface area contributed by atoms with Crippen molar-refractivity contribution >= 4 is 56.1 Å². The average Bonchev–Trinajstić information content (AvgIpc) is 3.40. The molecule has 1 fully saturated rings. The number of amides is 1. The fraction of sp³-hybridized carbons (Fsp3) is 0.300. The van der Waals surface area contributed by atoms with Gasteiger partial charge < -0.3 is 14.2 Å². The van der Waals surface area contributed by atoms with Gasteiger partial charge in [-0.25, -0.2) is 4.98 Å². The largest absolute Gasteiger partial charge is 0.486 e. The van der Waals surface area contributed by atoms with Crippen LogP contribution in [0.15, 0.2) is 36.4 Å². The van der Waals surface area contributed by atoms with Gasteiger partial charge in [0.15, 0.2) is 23.2 Å². The number of nitrogens with one attached hydrogen (secondary N) is 1. The van der Waals surface area contributed by atoms with Crippen LogP contribution >= 0.6 is 34.9 Å². The average molecular weight is 447 g/mol. The molecule has 5 rings (SSSR count). The van der Waals surface area contributed by atoms with Crippen LogP contribution in [0, 0.1) is 0 Å². The van der Waals surface area contributed by atoms with Crippen molar-refractivity contribution in [1.29, 1.82) is 0 Å². The molecule has 0 aliphatic carbocycles. The Morgan fingerprint density at radius 2 is 1.90 bits per heavy atom. The first kappa shape index (κ1) is 18.9. The molecular weight excluding hydrogens is 428 g/mol. The topological polar surface area (TPSA) is 69.7 Å². The Kier molecular flexibility index (Phi) is 5.43. The third kappa shape index (κ3) is 4.12. The number of carbonyl (C=O) groups is 1. The molecule has 6 nitrogen and oxygen atoms in total. The van der Waals surface area contributed by atoms with E-state index in [1.54, 1.807) is 0 Å².